The van der Waals surface area contributed by atoms with Crippen LogP contribution in [0.1, 0.15) is 73.6 Å². The number of alkyl halides is 3. The van der Waals surface area contributed by atoms with Crippen molar-refractivity contribution in [3.05, 3.63) is 65.7 Å². The topological polar surface area (TPSA) is 133 Å². The summed E-state index contributed by atoms with van der Waals surface area (Å²) >= 11 is 0. The van der Waals surface area contributed by atoms with Crippen molar-refractivity contribution in [3.63, 3.8) is 0 Å². The van der Waals surface area contributed by atoms with Crippen LogP contribution in [0.25, 0.3) is 16.9 Å². The molecule has 1 saturated carbocycles. The van der Waals surface area contributed by atoms with E-state index in [1.807, 2.05) is 12.1 Å². The molecule has 220 valence electrons. The molecule has 0 saturated heterocycles. The number of aliphatic hydroxyl groups is 1. The summed E-state index contributed by atoms with van der Waals surface area (Å²) in [5, 5.41) is 33.5. The molecule has 5 rings (SSSR count). The Morgan fingerprint density at radius 1 is 1.17 bits per heavy atom. The van der Waals surface area contributed by atoms with Gasteiger partial charge in [-0.05, 0) is 69.9 Å². The quantitative estimate of drug-likeness (QED) is 0.258. The van der Waals surface area contributed by atoms with Gasteiger partial charge in [0.2, 0.25) is 0 Å². The van der Waals surface area contributed by atoms with E-state index in [4.69, 9.17) is 0 Å². The van der Waals surface area contributed by atoms with E-state index in [2.05, 4.69) is 31.9 Å². The van der Waals surface area contributed by atoms with Crippen LogP contribution in [0, 0.1) is 11.3 Å². The fraction of sp³-hybridized carbons (Fsp3) is 0.414. The molecule has 0 spiro atoms. The van der Waals surface area contributed by atoms with Gasteiger partial charge in [0, 0.05) is 18.4 Å². The number of anilines is 1. The lowest BCUT2D eigenvalue weighted by Gasteiger charge is -2.30. The molecule has 3 N–H and O–H groups in total. The molecule has 1 fully saturated rings. The van der Waals surface area contributed by atoms with Crippen molar-refractivity contribution in [1.82, 2.24) is 29.7 Å². The molecule has 4 aromatic rings. The first-order valence-electron chi connectivity index (χ1n) is 13.7. The highest BCUT2D eigenvalue weighted by Gasteiger charge is 2.28. The third kappa shape index (κ3) is 6.23. The maximum absolute atomic E-state index is 14.4. The van der Waals surface area contributed by atoms with Gasteiger partial charge in [0.05, 0.1) is 58.1 Å². The molecule has 42 heavy (non-hydrogen) atoms. The number of rotatable bonds is 9. The van der Waals surface area contributed by atoms with Crippen LogP contribution >= 0.6 is 0 Å². The minimum Gasteiger partial charge on any atom is -0.387 e. The summed E-state index contributed by atoms with van der Waals surface area (Å²) in [6, 6.07) is 10.4. The maximum atomic E-state index is 14.4. The van der Waals surface area contributed by atoms with Crippen LogP contribution in [-0.2, 0) is 0 Å². The summed E-state index contributed by atoms with van der Waals surface area (Å²) in [6.07, 6.45) is 2.95. The molecule has 1 aliphatic carbocycles. The molecule has 4 heterocycles. The van der Waals surface area contributed by atoms with Crippen molar-refractivity contribution < 1.29 is 23.1 Å². The second-order valence-electron chi connectivity index (χ2n) is 11.0. The number of hydrogen-bond acceptors (Lipinski definition) is 7. The van der Waals surface area contributed by atoms with Crippen molar-refractivity contribution in [2.24, 2.45) is 0 Å². The van der Waals surface area contributed by atoms with E-state index in [0.29, 0.717) is 53.8 Å². The maximum Gasteiger partial charge on any atom is 0.282 e. The molecule has 10 nitrogen and oxygen atoms in total. The first-order valence-corrected chi connectivity index (χ1v) is 13.7. The van der Waals surface area contributed by atoms with E-state index in [0.717, 1.165) is 0 Å². The summed E-state index contributed by atoms with van der Waals surface area (Å²) in [7, 11) is 0. The zero-order chi connectivity index (χ0) is 30.0. The van der Waals surface area contributed by atoms with E-state index in [1.54, 1.807) is 27.5 Å². The molecule has 1 atom stereocenters. The molecule has 0 bridgehead atoms. The lowest BCUT2D eigenvalue weighted by atomic mass is 9.91. The van der Waals surface area contributed by atoms with Gasteiger partial charge >= 0.3 is 0 Å². The minimum absolute atomic E-state index is 0.00824. The van der Waals surface area contributed by atoms with Crippen LogP contribution in [0.4, 0.5) is 18.9 Å². The third-order valence-corrected chi connectivity index (χ3v) is 7.53. The van der Waals surface area contributed by atoms with E-state index in [-0.39, 0.29) is 29.9 Å². The van der Waals surface area contributed by atoms with E-state index in [9.17, 15) is 28.3 Å². The van der Waals surface area contributed by atoms with Crippen LogP contribution in [0.15, 0.2) is 48.9 Å². The fourth-order valence-electron chi connectivity index (χ4n) is 5.05. The van der Waals surface area contributed by atoms with Gasteiger partial charge < -0.3 is 15.7 Å². The molecule has 4 aromatic heterocycles. The number of nitrogens with one attached hydrogen (secondary N) is 2. The molecule has 0 aromatic carbocycles. The van der Waals surface area contributed by atoms with Crippen molar-refractivity contribution in [3.8, 4) is 17.5 Å². The Labute approximate surface area is 240 Å². The highest BCUT2D eigenvalue weighted by atomic mass is 19.3. The summed E-state index contributed by atoms with van der Waals surface area (Å²) < 4.78 is 43.6. The zero-order valence-corrected chi connectivity index (χ0v) is 23.1. The predicted molar refractivity (Wildman–Crippen MR) is 149 cm³/mol. The Morgan fingerprint density at radius 2 is 1.93 bits per heavy atom. The number of fused-ring (bicyclic) bond motifs is 1. The minimum atomic E-state index is -2.62. The third-order valence-electron chi connectivity index (χ3n) is 7.53. The predicted octanol–water partition coefficient (Wildman–Crippen LogP) is 4.84. The monoisotopic (exact) mass is 580 g/mol. The zero-order valence-electron chi connectivity index (χ0n) is 23.1. The first-order chi connectivity index (χ1) is 20.0. The lowest BCUT2D eigenvalue weighted by molar-refractivity contribution is -0.00177. The molecular formula is C29H31F3N8O2. The second kappa shape index (κ2) is 11.8. The Morgan fingerprint density at radius 3 is 2.60 bits per heavy atom. The average Bonchev–Trinajstić information content (AvgIpc) is 3.63. The summed E-state index contributed by atoms with van der Waals surface area (Å²) in [5.74, 6) is -0.551. The Bertz CT molecular complexity index is 1610. The van der Waals surface area contributed by atoms with Crippen molar-refractivity contribution >= 4 is 17.1 Å². The molecule has 0 radical (unpaired) electrons. The Kier molecular flexibility index (Phi) is 8.17. The standard InChI is InChI=1S/C29H31F3N8O2/c1-29(2,42)26(30)16-35-28(41)21-15-34-24(25-8-7-20-11-17(13-33)14-36-40(20)25)12-23(21)37-18-3-5-19(6-4-18)39-10-9-22(38-39)27(31)32/h7-12,14-15,18-19,26-27,42H,3-6,16H2,1-2H3,(H,34,37)(H,35,41). The average molecular weight is 581 g/mol. The van der Waals surface area contributed by atoms with Gasteiger partial charge in [-0.1, -0.05) is 0 Å². The van der Waals surface area contributed by atoms with E-state index in [1.165, 1.54) is 32.3 Å². The van der Waals surface area contributed by atoms with Gasteiger partial charge in [0.15, 0.2) is 0 Å². The molecule has 1 unspecified atom stereocenters. The van der Waals surface area contributed by atoms with Gasteiger partial charge in [0.25, 0.3) is 12.3 Å². The van der Waals surface area contributed by atoms with Gasteiger partial charge in [-0.25, -0.2) is 17.7 Å². The van der Waals surface area contributed by atoms with Crippen LogP contribution in [0.5, 0.6) is 0 Å². The Balaban J connectivity index is 1.38. The smallest absolute Gasteiger partial charge is 0.282 e. The fourth-order valence-corrected chi connectivity index (χ4v) is 5.05. The number of nitriles is 1. The van der Waals surface area contributed by atoms with E-state index >= 15 is 0 Å². The Hall–Kier alpha value is -4.44. The SMILES string of the molecule is CC(C)(O)C(F)CNC(=O)c1cnc(-c2ccc3cc(C#N)cnn23)cc1NC1CCC(n2ccc(C(F)F)n2)CC1. The number of nitrogens with zero attached hydrogens (tertiary/aromatic N) is 6. The second-order valence-corrected chi connectivity index (χ2v) is 11.0. The molecule has 13 heteroatoms. The highest BCUT2D eigenvalue weighted by Crippen LogP contribution is 2.33. The number of hydrogen-bond donors (Lipinski definition) is 3. The van der Waals surface area contributed by atoms with Crippen LogP contribution in [0.3, 0.4) is 0 Å². The molecular weight excluding hydrogens is 549 g/mol. The summed E-state index contributed by atoms with van der Waals surface area (Å²) in [4.78, 5) is 17.6. The number of halogens is 3. The first kappa shape index (κ1) is 29.1. The van der Waals surface area contributed by atoms with Crippen LogP contribution in [-0.4, -0.2) is 59.8 Å². The van der Waals surface area contributed by atoms with Crippen LogP contribution in [0.2, 0.25) is 0 Å². The number of carbonyl (C=O) groups is 1. The number of amides is 1. The number of carbonyl (C=O) groups excluding carboxylic acids is 1. The van der Waals surface area contributed by atoms with Gasteiger partial charge in [-0.2, -0.15) is 15.5 Å². The van der Waals surface area contributed by atoms with Crippen molar-refractivity contribution in [2.45, 2.75) is 69.8 Å². The number of aromatic nitrogens is 5. The largest absolute Gasteiger partial charge is 0.387 e. The normalized spacial score (nSPS) is 18.1. The van der Waals surface area contributed by atoms with Gasteiger partial charge in [0.1, 0.15) is 17.9 Å². The van der Waals surface area contributed by atoms with Gasteiger partial charge in [-0.15, -0.1) is 0 Å². The highest BCUT2D eigenvalue weighted by molar-refractivity contribution is 6.00. The summed E-state index contributed by atoms with van der Waals surface area (Å²) in [6.45, 7) is 2.28. The lowest BCUT2D eigenvalue weighted by Crippen LogP contribution is -2.42. The molecule has 1 amide bonds. The number of pyridine rings is 1. The van der Waals surface area contributed by atoms with Crippen molar-refractivity contribution in [2.75, 3.05) is 11.9 Å². The van der Waals surface area contributed by atoms with Crippen molar-refractivity contribution in [1.29, 1.82) is 5.26 Å². The molecule has 0 aliphatic heterocycles. The summed E-state index contributed by atoms with van der Waals surface area (Å²) in [5.41, 5.74) is 1.13. The van der Waals surface area contributed by atoms with Crippen LogP contribution < -0.4 is 10.6 Å². The van der Waals surface area contributed by atoms with E-state index < -0.39 is 24.1 Å². The van der Waals surface area contributed by atoms with Gasteiger partial charge in [-0.3, -0.25) is 14.5 Å². The molecule has 1 aliphatic rings.